The van der Waals surface area contributed by atoms with Crippen molar-refractivity contribution in [1.82, 2.24) is 9.55 Å². The minimum absolute atomic E-state index is 0.0938. The van der Waals surface area contributed by atoms with Crippen molar-refractivity contribution in [3.05, 3.63) is 76.9 Å². The summed E-state index contributed by atoms with van der Waals surface area (Å²) in [7, 11) is 2.96. The molecule has 6 nitrogen and oxygen atoms in total. The van der Waals surface area contributed by atoms with Gasteiger partial charge in [-0.05, 0) is 35.6 Å². The summed E-state index contributed by atoms with van der Waals surface area (Å²) >= 11 is 0. The van der Waals surface area contributed by atoms with Crippen LogP contribution in [0.15, 0.2) is 54.6 Å². The lowest BCUT2D eigenvalue weighted by molar-refractivity contribution is -0.137. The summed E-state index contributed by atoms with van der Waals surface area (Å²) in [6.45, 7) is 4.26. The SMILES string of the molecule is COCCn1c(-c2ccc(C(C)C)cc2)nc2c(C(F)(F)F)c(COc3ccccc3CCO)cc(OC)c21. The number of alkyl halides is 3. The average Bonchev–Trinajstić information content (AvgIpc) is 3.29. The Bertz CT molecular complexity index is 1410. The molecule has 0 spiro atoms. The molecule has 0 aliphatic carbocycles. The van der Waals surface area contributed by atoms with Crippen molar-refractivity contribution in [3.63, 3.8) is 0 Å². The van der Waals surface area contributed by atoms with Crippen LogP contribution >= 0.6 is 0 Å². The van der Waals surface area contributed by atoms with E-state index in [1.807, 2.05) is 24.3 Å². The molecule has 0 amide bonds. The van der Waals surface area contributed by atoms with E-state index >= 15 is 0 Å². The van der Waals surface area contributed by atoms with Gasteiger partial charge in [-0.1, -0.05) is 56.3 Å². The first-order valence-electron chi connectivity index (χ1n) is 12.8. The predicted octanol–water partition coefficient (Wildman–Crippen LogP) is 6.61. The number of hydrogen-bond donors (Lipinski definition) is 1. The van der Waals surface area contributed by atoms with Gasteiger partial charge in [0.2, 0.25) is 0 Å². The molecule has 0 atom stereocenters. The summed E-state index contributed by atoms with van der Waals surface area (Å²) in [5.41, 5.74) is 1.60. The highest BCUT2D eigenvalue weighted by molar-refractivity contribution is 5.90. The normalized spacial score (nSPS) is 11.9. The van der Waals surface area contributed by atoms with Gasteiger partial charge in [0.15, 0.2) is 0 Å². The van der Waals surface area contributed by atoms with Gasteiger partial charge >= 0.3 is 6.18 Å². The number of nitrogens with zero attached hydrogens (tertiary/aromatic N) is 2. The van der Waals surface area contributed by atoms with Crippen LogP contribution < -0.4 is 9.47 Å². The first-order valence-corrected chi connectivity index (χ1v) is 12.8. The van der Waals surface area contributed by atoms with Gasteiger partial charge in [-0.25, -0.2) is 4.98 Å². The molecule has 0 aliphatic heterocycles. The first-order chi connectivity index (χ1) is 18.7. The maximum Gasteiger partial charge on any atom is 0.418 e. The summed E-state index contributed by atoms with van der Waals surface area (Å²) in [4.78, 5) is 4.57. The van der Waals surface area contributed by atoms with Crippen molar-refractivity contribution >= 4 is 11.0 Å². The van der Waals surface area contributed by atoms with E-state index in [0.29, 0.717) is 35.0 Å². The number of fused-ring (bicyclic) bond motifs is 1. The fourth-order valence-electron chi connectivity index (χ4n) is 4.68. The zero-order valence-electron chi connectivity index (χ0n) is 22.5. The number of aliphatic hydroxyl groups is 1. The number of aliphatic hydroxyl groups excluding tert-OH is 1. The molecule has 208 valence electrons. The van der Waals surface area contributed by atoms with Crippen molar-refractivity contribution in [2.24, 2.45) is 0 Å². The molecule has 3 aromatic carbocycles. The van der Waals surface area contributed by atoms with Gasteiger partial charge in [0.25, 0.3) is 0 Å². The van der Waals surface area contributed by atoms with Crippen molar-refractivity contribution < 1.29 is 32.5 Å². The van der Waals surface area contributed by atoms with Crippen LogP contribution in [0, 0.1) is 0 Å². The third-order valence-corrected chi connectivity index (χ3v) is 6.66. The molecule has 0 radical (unpaired) electrons. The van der Waals surface area contributed by atoms with E-state index in [2.05, 4.69) is 18.8 Å². The smallest absolute Gasteiger partial charge is 0.418 e. The average molecular weight is 543 g/mol. The largest absolute Gasteiger partial charge is 0.494 e. The second kappa shape index (κ2) is 12.1. The number of imidazole rings is 1. The van der Waals surface area contributed by atoms with E-state index in [4.69, 9.17) is 14.2 Å². The number of hydrogen-bond acceptors (Lipinski definition) is 5. The molecule has 0 saturated heterocycles. The molecule has 4 rings (SSSR count). The molecule has 39 heavy (non-hydrogen) atoms. The lowest BCUT2D eigenvalue weighted by Gasteiger charge is -2.18. The van der Waals surface area contributed by atoms with Crippen LogP contribution in [-0.4, -0.2) is 42.1 Å². The Hall–Kier alpha value is -3.56. The molecule has 1 aromatic heterocycles. The van der Waals surface area contributed by atoms with Gasteiger partial charge in [0, 0.05) is 31.4 Å². The predicted molar refractivity (Wildman–Crippen MR) is 144 cm³/mol. The Morgan fingerprint density at radius 1 is 0.974 bits per heavy atom. The quantitative estimate of drug-likeness (QED) is 0.231. The molecule has 0 aliphatic rings. The number of ether oxygens (including phenoxy) is 3. The van der Waals surface area contributed by atoms with Gasteiger partial charge < -0.3 is 23.9 Å². The number of halogens is 3. The third-order valence-electron chi connectivity index (χ3n) is 6.66. The van der Waals surface area contributed by atoms with Gasteiger partial charge in [-0.3, -0.25) is 0 Å². The number of benzene rings is 3. The zero-order valence-corrected chi connectivity index (χ0v) is 22.5. The standard InChI is InChI=1S/C30H33F3N2O4/c1-19(2)20-9-11-22(12-10-20)29-34-27-26(30(31,32)33)23(17-25(38-4)28(27)35(29)14-16-37-3)18-39-24-8-6-5-7-21(24)13-15-36/h5-12,17,19,36H,13-16,18H2,1-4H3. The first kappa shape index (κ1) is 28.4. The molecular weight excluding hydrogens is 509 g/mol. The Balaban J connectivity index is 1.90. The molecular formula is C30H33F3N2O4. The van der Waals surface area contributed by atoms with Gasteiger partial charge in [0.1, 0.15) is 35.0 Å². The maximum atomic E-state index is 14.7. The number of para-hydroxylation sites is 1. The van der Waals surface area contributed by atoms with E-state index in [9.17, 15) is 18.3 Å². The fraction of sp³-hybridized carbons (Fsp3) is 0.367. The molecule has 0 saturated carbocycles. The third kappa shape index (κ3) is 6.04. The topological polar surface area (TPSA) is 65.7 Å². The Kier molecular flexibility index (Phi) is 8.82. The molecule has 1 N–H and O–H groups in total. The van der Waals surface area contributed by atoms with Crippen LogP contribution in [0.5, 0.6) is 11.5 Å². The molecule has 9 heteroatoms. The van der Waals surface area contributed by atoms with Gasteiger partial charge in [-0.15, -0.1) is 0 Å². The van der Waals surface area contributed by atoms with Crippen molar-refractivity contribution in [2.75, 3.05) is 27.4 Å². The maximum absolute atomic E-state index is 14.7. The lowest BCUT2D eigenvalue weighted by Crippen LogP contribution is -2.14. The molecule has 4 aromatic rings. The minimum Gasteiger partial charge on any atom is -0.494 e. The second-order valence-corrected chi connectivity index (χ2v) is 9.53. The van der Waals surface area contributed by atoms with Crippen LogP contribution in [-0.2, 0) is 30.5 Å². The van der Waals surface area contributed by atoms with Crippen LogP contribution in [0.2, 0.25) is 0 Å². The minimum atomic E-state index is -4.70. The van der Waals surface area contributed by atoms with Crippen molar-refractivity contribution in [1.29, 1.82) is 0 Å². The Labute approximate surface area is 226 Å². The van der Waals surface area contributed by atoms with E-state index in [-0.39, 0.29) is 48.7 Å². The summed E-state index contributed by atoms with van der Waals surface area (Å²) in [5.74, 6) is 1.38. The van der Waals surface area contributed by atoms with E-state index in [1.165, 1.54) is 13.2 Å². The molecule has 0 unspecified atom stereocenters. The van der Waals surface area contributed by atoms with E-state index in [1.54, 1.807) is 35.9 Å². The molecule has 0 bridgehead atoms. The van der Waals surface area contributed by atoms with Gasteiger partial charge in [-0.2, -0.15) is 13.2 Å². The molecule has 0 fully saturated rings. The monoisotopic (exact) mass is 542 g/mol. The number of rotatable bonds is 11. The Morgan fingerprint density at radius 2 is 1.69 bits per heavy atom. The summed E-state index contributed by atoms with van der Waals surface area (Å²) in [5, 5.41) is 9.35. The van der Waals surface area contributed by atoms with Crippen molar-refractivity contribution in [2.45, 2.75) is 45.5 Å². The summed E-state index contributed by atoms with van der Waals surface area (Å²) in [6.07, 6.45) is -4.37. The summed E-state index contributed by atoms with van der Waals surface area (Å²) < 4.78 is 62.5. The van der Waals surface area contributed by atoms with Crippen LogP contribution in [0.3, 0.4) is 0 Å². The van der Waals surface area contributed by atoms with Crippen LogP contribution in [0.1, 0.15) is 42.0 Å². The zero-order chi connectivity index (χ0) is 28.2. The van der Waals surface area contributed by atoms with Crippen molar-refractivity contribution in [3.8, 4) is 22.9 Å². The van der Waals surface area contributed by atoms with Gasteiger partial charge in [0.05, 0.1) is 19.3 Å². The van der Waals surface area contributed by atoms with E-state index in [0.717, 1.165) is 5.56 Å². The second-order valence-electron chi connectivity index (χ2n) is 9.53. The van der Waals surface area contributed by atoms with Crippen LogP contribution in [0.4, 0.5) is 13.2 Å². The highest BCUT2D eigenvalue weighted by Gasteiger charge is 2.39. The number of methoxy groups -OCH3 is 2. The highest BCUT2D eigenvalue weighted by atomic mass is 19.4. The fourth-order valence-corrected chi connectivity index (χ4v) is 4.68. The highest BCUT2D eigenvalue weighted by Crippen LogP contribution is 2.43. The number of aromatic nitrogens is 2. The van der Waals surface area contributed by atoms with E-state index < -0.39 is 11.7 Å². The lowest BCUT2D eigenvalue weighted by atomic mass is 10.0. The van der Waals surface area contributed by atoms with Crippen LogP contribution in [0.25, 0.3) is 22.4 Å². The molecule has 1 heterocycles. The summed E-state index contributed by atoms with van der Waals surface area (Å²) in [6, 6.07) is 16.0. The Morgan fingerprint density at radius 3 is 2.31 bits per heavy atom.